The van der Waals surface area contributed by atoms with E-state index in [2.05, 4.69) is 453 Å². The maximum atomic E-state index is 17.3. The van der Waals surface area contributed by atoms with Gasteiger partial charge in [0.15, 0.2) is 14.3 Å². The summed E-state index contributed by atoms with van der Waals surface area (Å²) >= 11 is 0. The van der Waals surface area contributed by atoms with Gasteiger partial charge in [-0.05, 0) is 275 Å². The summed E-state index contributed by atoms with van der Waals surface area (Å²) in [6.07, 6.45) is 0. The number of fused-ring (bicyclic) bond motifs is 30. The van der Waals surface area contributed by atoms with Gasteiger partial charge in [0.2, 0.25) is 0 Å². The first-order chi connectivity index (χ1) is 61.3. The first-order valence-corrected chi connectivity index (χ1v) is 47.6. The van der Waals surface area contributed by atoms with Crippen molar-refractivity contribution in [2.24, 2.45) is 0 Å². The molecule has 4 nitrogen and oxygen atoms in total. The Morgan fingerprint density at radius 1 is 0.167 bits per heavy atom. The highest BCUT2D eigenvalue weighted by molar-refractivity contribution is 7.85. The van der Waals surface area contributed by atoms with Gasteiger partial charge >= 0.3 is 0 Å². The molecule has 0 saturated carbocycles. The second-order valence-corrected chi connectivity index (χ2v) is 43.1. The molecular weight excluding hydrogens is 1560 g/mol. The van der Waals surface area contributed by atoms with Crippen molar-refractivity contribution in [1.29, 1.82) is 0 Å². The van der Waals surface area contributed by atoms with E-state index in [1.165, 1.54) is 137 Å². The molecular formula is C120H88N2O2P2. The lowest BCUT2D eigenvalue weighted by atomic mass is 9.81. The summed E-state index contributed by atoms with van der Waals surface area (Å²) in [5.74, 6) is 0. The molecule has 6 heteroatoms. The number of hydrogen-bond donors (Lipinski definition) is 0. The molecule has 20 aromatic carbocycles. The zero-order valence-corrected chi connectivity index (χ0v) is 73.3. The minimum Gasteiger partial charge on any atom is -0.309 e. The fourth-order valence-corrected chi connectivity index (χ4v) is 28.8. The Balaban J connectivity index is 0.000000139. The zero-order valence-electron chi connectivity index (χ0n) is 71.6. The topological polar surface area (TPSA) is 44.0 Å². The van der Waals surface area contributed by atoms with Crippen LogP contribution in [0.25, 0.3) is 164 Å². The highest BCUT2D eigenvalue weighted by atomic mass is 31.2. The molecule has 26 rings (SSSR count). The molecule has 4 aliphatic carbocycles. The van der Waals surface area contributed by atoms with Gasteiger partial charge in [0.1, 0.15) is 0 Å². The molecule has 0 unspecified atom stereocenters. The third-order valence-electron chi connectivity index (χ3n) is 29.7. The number of benzene rings is 20. The summed E-state index contributed by atoms with van der Waals surface area (Å²) in [4.78, 5) is 0. The molecule has 0 saturated heterocycles. The molecule has 22 aromatic rings. The van der Waals surface area contributed by atoms with Crippen LogP contribution in [-0.2, 0) is 30.8 Å². The summed E-state index contributed by atoms with van der Waals surface area (Å²) in [7, 11) is -7.07. The lowest BCUT2D eigenvalue weighted by Gasteiger charge is -2.25. The second kappa shape index (κ2) is 26.8. The molecule has 0 atom stereocenters. The average molecular weight is 1650 g/mol. The van der Waals surface area contributed by atoms with Crippen molar-refractivity contribution in [2.75, 3.05) is 0 Å². The Bertz CT molecular complexity index is 8400. The molecule has 0 bridgehead atoms. The highest BCUT2D eigenvalue weighted by Gasteiger charge is 2.43. The van der Waals surface area contributed by atoms with E-state index in [-0.39, 0.29) is 21.7 Å². The van der Waals surface area contributed by atoms with Crippen LogP contribution in [0.2, 0.25) is 0 Å². The molecule has 0 fully saturated rings. The van der Waals surface area contributed by atoms with Crippen LogP contribution in [0.5, 0.6) is 0 Å². The first kappa shape index (κ1) is 74.6. The predicted octanol–water partition coefficient (Wildman–Crippen LogP) is 29.0. The van der Waals surface area contributed by atoms with Crippen molar-refractivity contribution in [2.45, 2.75) is 77.0 Å². The van der Waals surface area contributed by atoms with Gasteiger partial charge in [0.25, 0.3) is 0 Å². The van der Waals surface area contributed by atoms with Gasteiger partial charge in [-0.3, -0.25) is 0 Å². The fraction of sp³-hybridized carbons (Fsp3) is 0.100. The summed E-state index contributed by atoms with van der Waals surface area (Å²) < 4.78 is 39.0. The van der Waals surface area contributed by atoms with E-state index < -0.39 is 14.3 Å². The Morgan fingerprint density at radius 3 is 0.754 bits per heavy atom. The monoisotopic (exact) mass is 1650 g/mol. The van der Waals surface area contributed by atoms with Gasteiger partial charge in [-0.1, -0.05) is 322 Å². The zero-order chi connectivity index (χ0) is 84.8. The fourth-order valence-electron chi connectivity index (χ4n) is 23.4. The van der Waals surface area contributed by atoms with Gasteiger partial charge in [0.05, 0.1) is 22.1 Å². The smallest absolute Gasteiger partial charge is 0.171 e. The Labute approximate surface area is 733 Å². The molecule has 2 aromatic heterocycles. The van der Waals surface area contributed by atoms with Crippen LogP contribution in [0.4, 0.5) is 0 Å². The van der Waals surface area contributed by atoms with Crippen molar-refractivity contribution in [3.63, 3.8) is 0 Å². The van der Waals surface area contributed by atoms with Crippen molar-refractivity contribution >= 4 is 154 Å². The largest absolute Gasteiger partial charge is 0.309 e. The number of hydrogen-bond acceptors (Lipinski definition) is 2. The summed E-state index contributed by atoms with van der Waals surface area (Å²) in [5.41, 5.74) is 26.8. The minimum atomic E-state index is -3.60. The third kappa shape index (κ3) is 10.3. The highest BCUT2D eigenvalue weighted by Crippen LogP contribution is 2.58. The molecule has 2 heterocycles. The van der Waals surface area contributed by atoms with E-state index in [0.717, 1.165) is 103 Å². The maximum absolute atomic E-state index is 17.3. The van der Waals surface area contributed by atoms with Crippen LogP contribution < -0.4 is 31.8 Å². The van der Waals surface area contributed by atoms with Crippen LogP contribution >= 0.6 is 14.3 Å². The van der Waals surface area contributed by atoms with E-state index in [1.807, 2.05) is 0 Å². The quantitative estimate of drug-likeness (QED) is 0.112. The molecule has 0 aliphatic heterocycles. The number of rotatable bonds is 8. The summed E-state index contributed by atoms with van der Waals surface area (Å²) in [6.45, 7) is 18.7. The van der Waals surface area contributed by atoms with Crippen molar-refractivity contribution in [3.8, 4) is 55.9 Å². The number of para-hydroxylation sites is 4. The molecule has 126 heavy (non-hydrogen) atoms. The normalized spacial score (nSPS) is 14.7. The molecule has 0 spiro atoms. The lowest BCUT2D eigenvalue weighted by molar-refractivity contribution is 0.591. The van der Waals surface area contributed by atoms with Gasteiger partial charge in [-0.15, -0.1) is 0 Å². The summed E-state index contributed by atoms with van der Waals surface area (Å²) in [5, 5.41) is 23.8. The van der Waals surface area contributed by atoms with Gasteiger partial charge in [-0.25, -0.2) is 0 Å². The van der Waals surface area contributed by atoms with Crippen LogP contribution in [0.15, 0.2) is 388 Å². The van der Waals surface area contributed by atoms with E-state index in [0.29, 0.717) is 0 Å². The van der Waals surface area contributed by atoms with Gasteiger partial charge < -0.3 is 18.3 Å². The Morgan fingerprint density at radius 2 is 0.397 bits per heavy atom. The predicted molar refractivity (Wildman–Crippen MR) is 536 cm³/mol. The number of nitrogens with zero attached hydrogens (tertiary/aromatic N) is 2. The van der Waals surface area contributed by atoms with Gasteiger partial charge in [0, 0.05) is 86.4 Å². The molecule has 0 amide bonds. The van der Waals surface area contributed by atoms with Crippen LogP contribution in [0.1, 0.15) is 99.9 Å². The molecule has 600 valence electrons. The lowest BCUT2D eigenvalue weighted by Crippen LogP contribution is -2.26. The first-order valence-electron chi connectivity index (χ1n) is 44.2. The molecule has 0 N–H and O–H groups in total. The van der Waals surface area contributed by atoms with Crippen molar-refractivity contribution in [1.82, 2.24) is 9.13 Å². The molecule has 0 radical (unpaired) electrons. The number of aromatic nitrogens is 2. The molecule has 4 aliphatic rings. The Hall–Kier alpha value is -14.0. The van der Waals surface area contributed by atoms with Crippen molar-refractivity contribution < 1.29 is 9.13 Å². The second-order valence-electron chi connectivity index (χ2n) is 37.6. The van der Waals surface area contributed by atoms with Crippen LogP contribution in [0.3, 0.4) is 0 Å². The van der Waals surface area contributed by atoms with Crippen molar-refractivity contribution in [3.05, 3.63) is 433 Å². The van der Waals surface area contributed by atoms with E-state index in [1.54, 1.807) is 0 Å². The standard InChI is InChI=1S/C63H43N2OP.C57H45OP/c1-63(2)57-26-14-11-23-48(57)54-38-52-46-22-10-9-21-45(46)51-35-42(29-32-47(51)53(52)39-58(54)63)67(66,43-30-33-61-55(36-43)49-24-12-15-27-59(49)64(61)40-17-5-3-6-18-40)44-31-34-62-56(37-44)50-25-13-16-28-60(50)65(62)41-19-7-4-8-20-41;1-55(2)49-20-12-9-17-40(49)46-30-35(24-27-52(46)55)59(58,36-25-28-53-47(31-36)41-18-10-13-21-50(41)56(53,3)4)34-23-26-39-43(29-34)37-15-7-8-16-38(37)44-32-48-42-19-11-14-22-51(42)57(5,6)54(48)33-45(39)44/h3-39H,1-2H3;7-33H,1-6H3. The summed E-state index contributed by atoms with van der Waals surface area (Å²) in [6, 6.07) is 141. The minimum absolute atomic E-state index is 0.116. The third-order valence-corrected chi connectivity index (χ3v) is 35.7. The van der Waals surface area contributed by atoms with Gasteiger partial charge in [-0.2, -0.15) is 0 Å². The Kier molecular flexibility index (Phi) is 15.9. The average Bonchev–Trinajstić information content (AvgIpc) is 1.02. The van der Waals surface area contributed by atoms with Crippen LogP contribution in [-0.4, -0.2) is 9.13 Å². The van der Waals surface area contributed by atoms with E-state index in [9.17, 15) is 0 Å². The van der Waals surface area contributed by atoms with E-state index in [4.69, 9.17) is 0 Å². The SMILES string of the molecule is CC1(C)c2ccccc2-c2cc(P(=O)(c3ccc4c(c3)-c3ccccc3C4(C)C)c3ccc4c(c3)c3ccccc3c3cc5c(cc43)C(C)(C)c3ccccc3-5)ccc21.CC1(C)c2ccccc2-c2cc3c4ccccc4c4cc(P(=O)(c5ccc6c(c5)c5ccccc5n6-c5ccccc5)c5ccc6c(c5)c5ccccc5n6-c5ccccc5)ccc4c3cc21. The van der Waals surface area contributed by atoms with E-state index >= 15 is 9.13 Å². The van der Waals surface area contributed by atoms with Crippen LogP contribution in [0, 0.1) is 0 Å². The maximum Gasteiger partial charge on any atom is 0.171 e.